The quantitative estimate of drug-likeness (QED) is 0.322. The summed E-state index contributed by atoms with van der Waals surface area (Å²) < 4.78 is 0. The molecule has 0 aliphatic carbocycles. The SMILES string of the molecule is C=CCN/N=C(/C)c1ccccc1. The molecule has 68 valence electrons. The first-order chi connectivity index (χ1) is 6.34. The molecule has 1 aromatic rings. The van der Waals surface area contributed by atoms with Gasteiger partial charge in [-0.1, -0.05) is 36.4 Å². The summed E-state index contributed by atoms with van der Waals surface area (Å²) in [5, 5.41) is 4.18. The maximum Gasteiger partial charge on any atom is 0.0644 e. The fourth-order valence-corrected chi connectivity index (χ4v) is 0.973. The molecule has 1 N–H and O–H groups in total. The zero-order valence-electron chi connectivity index (χ0n) is 7.83. The number of nitrogens with one attached hydrogen (secondary N) is 1. The number of hydrogen-bond donors (Lipinski definition) is 1. The van der Waals surface area contributed by atoms with Crippen molar-refractivity contribution in [3.05, 3.63) is 48.6 Å². The average molecular weight is 174 g/mol. The van der Waals surface area contributed by atoms with Crippen LogP contribution >= 0.6 is 0 Å². The molecular formula is C11H14N2. The number of hydrazone groups is 1. The van der Waals surface area contributed by atoms with Crippen molar-refractivity contribution in [3.8, 4) is 0 Å². The second-order valence-corrected chi connectivity index (χ2v) is 2.71. The van der Waals surface area contributed by atoms with E-state index < -0.39 is 0 Å². The molecule has 0 bridgehead atoms. The maximum atomic E-state index is 4.18. The van der Waals surface area contributed by atoms with Gasteiger partial charge in [0.05, 0.1) is 12.3 Å². The Morgan fingerprint density at radius 3 is 2.77 bits per heavy atom. The van der Waals surface area contributed by atoms with E-state index in [1.165, 1.54) is 0 Å². The summed E-state index contributed by atoms with van der Waals surface area (Å²) in [6.07, 6.45) is 1.78. The van der Waals surface area contributed by atoms with Gasteiger partial charge < -0.3 is 5.43 Å². The molecule has 0 unspecified atom stereocenters. The maximum absolute atomic E-state index is 4.18. The van der Waals surface area contributed by atoms with E-state index in [0.717, 1.165) is 11.3 Å². The first-order valence-electron chi connectivity index (χ1n) is 4.28. The Hall–Kier alpha value is -1.57. The molecule has 1 rings (SSSR count). The summed E-state index contributed by atoms with van der Waals surface area (Å²) in [6.45, 7) is 6.27. The van der Waals surface area contributed by atoms with Crippen molar-refractivity contribution in [2.75, 3.05) is 6.54 Å². The van der Waals surface area contributed by atoms with Gasteiger partial charge in [0, 0.05) is 0 Å². The van der Waals surface area contributed by atoms with Crippen molar-refractivity contribution in [1.82, 2.24) is 5.43 Å². The average Bonchev–Trinajstić information content (AvgIpc) is 2.19. The Bertz CT molecular complexity index is 288. The van der Waals surface area contributed by atoms with Gasteiger partial charge in [-0.25, -0.2) is 0 Å². The van der Waals surface area contributed by atoms with E-state index in [1.54, 1.807) is 6.08 Å². The molecule has 0 heterocycles. The summed E-state index contributed by atoms with van der Waals surface area (Å²) in [4.78, 5) is 0. The Kier molecular flexibility index (Phi) is 3.76. The summed E-state index contributed by atoms with van der Waals surface area (Å²) in [5.41, 5.74) is 5.03. The molecule has 0 aliphatic heterocycles. The molecule has 0 spiro atoms. The lowest BCUT2D eigenvalue weighted by Gasteiger charge is -2.00. The Labute approximate surface area is 79.0 Å². The lowest BCUT2D eigenvalue weighted by Crippen LogP contribution is -2.08. The molecule has 0 radical (unpaired) electrons. The molecular weight excluding hydrogens is 160 g/mol. The summed E-state index contributed by atoms with van der Waals surface area (Å²) in [7, 11) is 0. The van der Waals surface area contributed by atoms with Crippen LogP contribution in [0, 0.1) is 0 Å². The van der Waals surface area contributed by atoms with E-state index in [9.17, 15) is 0 Å². The van der Waals surface area contributed by atoms with Gasteiger partial charge in [-0.3, -0.25) is 0 Å². The van der Waals surface area contributed by atoms with Crippen LogP contribution in [0.3, 0.4) is 0 Å². The molecule has 0 saturated carbocycles. The highest BCUT2D eigenvalue weighted by molar-refractivity contribution is 5.98. The normalized spacial score (nSPS) is 11.0. The minimum Gasteiger partial charge on any atom is -0.306 e. The van der Waals surface area contributed by atoms with Gasteiger partial charge in [0.25, 0.3) is 0 Å². The Morgan fingerprint density at radius 2 is 2.15 bits per heavy atom. The molecule has 2 heteroatoms. The van der Waals surface area contributed by atoms with Crippen molar-refractivity contribution in [2.24, 2.45) is 5.10 Å². The van der Waals surface area contributed by atoms with Gasteiger partial charge in [-0.05, 0) is 12.5 Å². The lowest BCUT2D eigenvalue weighted by atomic mass is 10.1. The van der Waals surface area contributed by atoms with Crippen LogP contribution in [0.1, 0.15) is 12.5 Å². The first kappa shape index (κ1) is 9.52. The molecule has 13 heavy (non-hydrogen) atoms. The van der Waals surface area contributed by atoms with Crippen LogP contribution in [0.5, 0.6) is 0 Å². The van der Waals surface area contributed by atoms with Gasteiger partial charge in [-0.15, -0.1) is 6.58 Å². The van der Waals surface area contributed by atoms with Crippen LogP contribution in [0.2, 0.25) is 0 Å². The first-order valence-corrected chi connectivity index (χ1v) is 4.28. The molecule has 0 saturated heterocycles. The Balaban J connectivity index is 2.62. The van der Waals surface area contributed by atoms with Crippen LogP contribution < -0.4 is 5.43 Å². The van der Waals surface area contributed by atoms with Crippen LogP contribution in [0.4, 0.5) is 0 Å². The number of benzene rings is 1. The van der Waals surface area contributed by atoms with E-state index in [4.69, 9.17) is 0 Å². The fourth-order valence-electron chi connectivity index (χ4n) is 0.973. The van der Waals surface area contributed by atoms with Crippen LogP contribution in [-0.2, 0) is 0 Å². The topological polar surface area (TPSA) is 24.4 Å². The van der Waals surface area contributed by atoms with Crippen molar-refractivity contribution in [2.45, 2.75) is 6.92 Å². The zero-order chi connectivity index (χ0) is 9.52. The zero-order valence-corrected chi connectivity index (χ0v) is 7.83. The molecule has 2 nitrogen and oxygen atoms in total. The van der Waals surface area contributed by atoms with E-state index in [-0.39, 0.29) is 0 Å². The van der Waals surface area contributed by atoms with Crippen LogP contribution in [0.15, 0.2) is 48.1 Å². The number of hydrogen-bond acceptors (Lipinski definition) is 2. The second kappa shape index (κ2) is 5.14. The molecule has 0 fully saturated rings. The second-order valence-electron chi connectivity index (χ2n) is 2.71. The summed E-state index contributed by atoms with van der Waals surface area (Å²) in [5.74, 6) is 0. The van der Waals surface area contributed by atoms with Crippen molar-refractivity contribution in [3.63, 3.8) is 0 Å². The molecule has 0 amide bonds. The fraction of sp³-hybridized carbons (Fsp3) is 0.182. The minimum absolute atomic E-state index is 0.699. The molecule has 0 atom stereocenters. The number of nitrogens with zero attached hydrogens (tertiary/aromatic N) is 1. The predicted octanol–water partition coefficient (Wildman–Crippen LogP) is 2.19. The summed E-state index contributed by atoms with van der Waals surface area (Å²) in [6, 6.07) is 10.1. The van der Waals surface area contributed by atoms with E-state index in [1.807, 2.05) is 37.3 Å². The van der Waals surface area contributed by atoms with E-state index in [0.29, 0.717) is 6.54 Å². The highest BCUT2D eigenvalue weighted by Crippen LogP contribution is 1.99. The highest BCUT2D eigenvalue weighted by Gasteiger charge is 1.93. The highest BCUT2D eigenvalue weighted by atomic mass is 15.3. The van der Waals surface area contributed by atoms with Crippen molar-refractivity contribution >= 4 is 5.71 Å². The third-order valence-corrected chi connectivity index (χ3v) is 1.67. The summed E-state index contributed by atoms with van der Waals surface area (Å²) >= 11 is 0. The monoisotopic (exact) mass is 174 g/mol. The van der Waals surface area contributed by atoms with Crippen molar-refractivity contribution in [1.29, 1.82) is 0 Å². The third kappa shape index (κ3) is 3.11. The van der Waals surface area contributed by atoms with Crippen LogP contribution in [0.25, 0.3) is 0 Å². The van der Waals surface area contributed by atoms with E-state index >= 15 is 0 Å². The molecule has 0 aliphatic rings. The Morgan fingerprint density at radius 1 is 1.46 bits per heavy atom. The van der Waals surface area contributed by atoms with Gasteiger partial charge in [-0.2, -0.15) is 5.10 Å². The minimum atomic E-state index is 0.699. The van der Waals surface area contributed by atoms with Gasteiger partial charge >= 0.3 is 0 Å². The van der Waals surface area contributed by atoms with Crippen LogP contribution in [-0.4, -0.2) is 12.3 Å². The van der Waals surface area contributed by atoms with Gasteiger partial charge in [0.15, 0.2) is 0 Å². The van der Waals surface area contributed by atoms with E-state index in [2.05, 4.69) is 17.1 Å². The predicted molar refractivity (Wildman–Crippen MR) is 56.9 cm³/mol. The third-order valence-electron chi connectivity index (χ3n) is 1.67. The van der Waals surface area contributed by atoms with Gasteiger partial charge in [0.1, 0.15) is 0 Å². The van der Waals surface area contributed by atoms with Crippen molar-refractivity contribution < 1.29 is 0 Å². The standard InChI is InChI=1S/C11H14N2/c1-3-9-12-13-10(2)11-7-5-4-6-8-11/h3-8,12H,1,9H2,2H3/b13-10-. The smallest absolute Gasteiger partial charge is 0.0644 e. The van der Waals surface area contributed by atoms with Gasteiger partial charge in [0.2, 0.25) is 0 Å². The molecule has 1 aromatic carbocycles. The number of rotatable bonds is 4. The lowest BCUT2D eigenvalue weighted by molar-refractivity contribution is 0.826. The largest absolute Gasteiger partial charge is 0.306 e. The molecule has 0 aromatic heterocycles.